The van der Waals surface area contributed by atoms with Gasteiger partial charge in [0.2, 0.25) is 0 Å². The lowest BCUT2D eigenvalue weighted by Gasteiger charge is -2.39. The Labute approximate surface area is 184 Å². The largest absolute Gasteiger partial charge is 0.642 e. The summed E-state index contributed by atoms with van der Waals surface area (Å²) in [4.78, 5) is 31.2. The normalized spacial score (nSPS) is 10.8. The van der Waals surface area contributed by atoms with Gasteiger partial charge < -0.3 is 18.4 Å². The summed E-state index contributed by atoms with van der Waals surface area (Å²) in [5.41, 5.74) is 0. The molecule has 30 heavy (non-hydrogen) atoms. The van der Waals surface area contributed by atoms with Crippen LogP contribution in [0.3, 0.4) is 0 Å². The molecule has 0 spiro atoms. The molecule has 0 aromatic heterocycles. The number of hydrogen-bond donors (Lipinski definition) is 0. The van der Waals surface area contributed by atoms with Crippen molar-refractivity contribution < 1.29 is 32.8 Å². The molecule has 0 aromatic rings. The number of hydrogen-bond acceptors (Lipinski definition) is 6. The van der Waals surface area contributed by atoms with E-state index in [1.807, 2.05) is 0 Å². The van der Waals surface area contributed by atoms with Crippen LogP contribution in [0, 0.1) is 0 Å². The zero-order valence-corrected chi connectivity index (χ0v) is 20.5. The van der Waals surface area contributed by atoms with Crippen molar-refractivity contribution in [3.63, 3.8) is 0 Å². The molecule has 0 unspecified atom stereocenters. The van der Waals surface area contributed by atoms with Crippen LogP contribution in [0.4, 0.5) is 0 Å². The summed E-state index contributed by atoms with van der Waals surface area (Å²) in [7, 11) is -1.59. The Balaban J connectivity index is 0. The fraction of sp³-hybridized carbons (Fsp3) is 0.864. The van der Waals surface area contributed by atoms with Crippen LogP contribution in [0.1, 0.15) is 99.8 Å². The van der Waals surface area contributed by atoms with Crippen LogP contribution in [-0.2, 0) is 28.3 Å². The molecule has 0 N–H and O–H groups in total. The topological polar surface area (TPSA) is 78.9 Å². The van der Waals surface area contributed by atoms with Crippen molar-refractivity contribution in [3.8, 4) is 0 Å². The summed E-state index contributed by atoms with van der Waals surface area (Å²) in [6.45, 7) is 18.3. The van der Waals surface area contributed by atoms with E-state index in [1.54, 1.807) is 0 Å². The first-order valence-corrected chi connectivity index (χ1v) is 11.5. The fourth-order valence-corrected chi connectivity index (χ4v) is 3.12. The van der Waals surface area contributed by atoms with Crippen molar-refractivity contribution in [3.05, 3.63) is 0 Å². The van der Waals surface area contributed by atoms with E-state index in [-0.39, 0.29) is 0 Å². The predicted molar refractivity (Wildman–Crippen MR) is 120 cm³/mol. The summed E-state index contributed by atoms with van der Waals surface area (Å²) >= 11 is 0. The quantitative estimate of drug-likeness (QED) is 0.278. The minimum atomic E-state index is -1.59. The third-order valence-corrected chi connectivity index (χ3v) is 4.73. The maximum Gasteiger partial charge on any atom is 0.526 e. The highest BCUT2D eigenvalue weighted by atomic mass is 16.8. The Morgan fingerprint density at radius 2 is 0.800 bits per heavy atom. The van der Waals surface area contributed by atoms with Crippen molar-refractivity contribution in [1.29, 1.82) is 0 Å². The summed E-state index contributed by atoms with van der Waals surface area (Å²) in [6, 6.07) is 0. The minimum absolute atomic E-state index is 0.715. The first-order valence-electron chi connectivity index (χ1n) is 11.5. The standard InChI is InChI=1S/C16H36N.C6H9BO6/c1-5-9-13-17(14-10-6-2,15-11-7-3)16-12-8-4;1-4(8)11-7(12-5(2)9)13-6(3)10/h5-16H2,1-4H3;1-3H3/q+1;-1. The van der Waals surface area contributed by atoms with Crippen molar-refractivity contribution in [2.75, 3.05) is 26.2 Å². The highest BCUT2D eigenvalue weighted by Gasteiger charge is 2.24. The first kappa shape index (κ1) is 30.6. The number of rotatable bonds is 15. The number of carbonyl (C=O) groups excluding carboxylic acids is 3. The van der Waals surface area contributed by atoms with E-state index in [4.69, 9.17) is 0 Å². The van der Waals surface area contributed by atoms with E-state index >= 15 is 0 Å². The molecule has 1 radical (unpaired) electrons. The second-order valence-corrected chi connectivity index (χ2v) is 7.77. The Bertz CT molecular complexity index is 397. The number of unbranched alkanes of at least 4 members (excludes halogenated alkanes) is 4. The molecule has 0 aliphatic rings. The van der Waals surface area contributed by atoms with Crippen LogP contribution >= 0.6 is 0 Å². The van der Waals surface area contributed by atoms with Crippen LogP contribution in [0.2, 0.25) is 0 Å². The molecule has 177 valence electrons. The second-order valence-electron chi connectivity index (χ2n) is 7.77. The highest BCUT2D eigenvalue weighted by molar-refractivity contribution is 6.43. The summed E-state index contributed by atoms with van der Waals surface area (Å²) < 4.78 is 14.5. The van der Waals surface area contributed by atoms with Gasteiger partial charge in [0.15, 0.2) is 0 Å². The average Bonchev–Trinajstić information content (AvgIpc) is 2.66. The van der Waals surface area contributed by atoms with E-state index in [9.17, 15) is 14.4 Å². The summed E-state index contributed by atoms with van der Waals surface area (Å²) in [5, 5.41) is 0. The Kier molecular flexibility index (Phi) is 19.8. The van der Waals surface area contributed by atoms with Crippen molar-refractivity contribution >= 4 is 25.2 Å². The van der Waals surface area contributed by atoms with Gasteiger partial charge in [0.25, 0.3) is 17.9 Å². The summed E-state index contributed by atoms with van der Waals surface area (Å²) in [6.07, 6.45) is 11.1. The molecule has 7 nitrogen and oxygen atoms in total. The van der Waals surface area contributed by atoms with Gasteiger partial charge in [0, 0.05) is 20.8 Å². The van der Waals surface area contributed by atoms with E-state index in [0.29, 0.717) is 0 Å². The number of nitrogens with zero attached hydrogens (tertiary/aromatic N) is 1. The van der Waals surface area contributed by atoms with E-state index < -0.39 is 25.2 Å². The second kappa shape index (κ2) is 19.4. The SMILES string of the molecule is CC(=O)O[B-](OC(C)=O)OC(C)=O.CCCC[N+](CCCC)(CCCC)CCCC. The van der Waals surface area contributed by atoms with E-state index in [0.717, 1.165) is 20.8 Å². The van der Waals surface area contributed by atoms with Gasteiger partial charge in [-0.05, 0) is 25.7 Å². The smallest absolute Gasteiger partial charge is 0.526 e. The molecule has 0 heterocycles. The molecular weight excluding hydrogens is 385 g/mol. The zero-order valence-electron chi connectivity index (χ0n) is 20.5. The zero-order chi connectivity index (χ0) is 23.4. The average molecular weight is 430 g/mol. The molecule has 8 heteroatoms. The lowest BCUT2D eigenvalue weighted by Crippen LogP contribution is -2.50. The van der Waals surface area contributed by atoms with Gasteiger partial charge in [-0.2, -0.15) is 0 Å². The van der Waals surface area contributed by atoms with Gasteiger partial charge in [0.1, 0.15) is 0 Å². The van der Waals surface area contributed by atoms with Crippen LogP contribution in [0.5, 0.6) is 0 Å². The highest BCUT2D eigenvalue weighted by Crippen LogP contribution is 2.16. The predicted octanol–water partition coefficient (Wildman–Crippen LogP) is 4.66. The Morgan fingerprint density at radius 1 is 0.567 bits per heavy atom. The van der Waals surface area contributed by atoms with Crippen molar-refractivity contribution in [2.24, 2.45) is 0 Å². The maximum absolute atomic E-state index is 10.4. The Hall–Kier alpha value is -1.57. The molecule has 0 bridgehead atoms. The molecule has 0 rings (SSSR count). The molecule has 0 saturated heterocycles. The van der Waals surface area contributed by atoms with Gasteiger partial charge >= 0.3 is 7.32 Å². The van der Waals surface area contributed by atoms with E-state index in [2.05, 4.69) is 41.7 Å². The third kappa shape index (κ3) is 18.5. The van der Waals surface area contributed by atoms with Gasteiger partial charge in [-0.15, -0.1) is 0 Å². The molecule has 0 saturated carbocycles. The number of quaternary nitrogens is 1. The van der Waals surface area contributed by atoms with Crippen LogP contribution < -0.4 is 0 Å². The van der Waals surface area contributed by atoms with Gasteiger partial charge in [0.05, 0.1) is 26.2 Å². The lowest BCUT2D eigenvalue weighted by molar-refractivity contribution is -0.929. The van der Waals surface area contributed by atoms with Gasteiger partial charge in [-0.1, -0.05) is 53.4 Å². The summed E-state index contributed by atoms with van der Waals surface area (Å²) in [5.74, 6) is -2.15. The molecular formula is C22H45BNO6. The van der Waals surface area contributed by atoms with E-state index in [1.165, 1.54) is 82.0 Å². The van der Waals surface area contributed by atoms with Crippen LogP contribution in [0.15, 0.2) is 0 Å². The minimum Gasteiger partial charge on any atom is -0.642 e. The molecule has 0 aliphatic carbocycles. The number of carbonyl (C=O) groups is 3. The van der Waals surface area contributed by atoms with Crippen molar-refractivity contribution in [1.82, 2.24) is 0 Å². The van der Waals surface area contributed by atoms with Gasteiger partial charge in [-0.25, -0.2) is 0 Å². The van der Waals surface area contributed by atoms with Crippen molar-refractivity contribution in [2.45, 2.75) is 99.8 Å². The monoisotopic (exact) mass is 430 g/mol. The van der Waals surface area contributed by atoms with Gasteiger partial charge in [-0.3, -0.25) is 14.4 Å². The maximum atomic E-state index is 10.4. The third-order valence-electron chi connectivity index (χ3n) is 4.73. The van der Waals surface area contributed by atoms with Crippen LogP contribution in [0.25, 0.3) is 0 Å². The Morgan fingerprint density at radius 3 is 0.967 bits per heavy atom. The lowest BCUT2D eigenvalue weighted by atomic mass is 10.1. The first-order chi connectivity index (χ1) is 14.2. The van der Waals surface area contributed by atoms with Crippen LogP contribution in [-0.4, -0.2) is 55.9 Å². The molecule has 0 atom stereocenters. The molecule has 0 amide bonds. The molecule has 0 aliphatic heterocycles. The molecule has 0 fully saturated rings. The fourth-order valence-electron chi connectivity index (χ4n) is 3.12. The molecule has 0 aromatic carbocycles.